The fraction of sp³-hybridized carbons (Fsp3) is 0.643. The summed E-state index contributed by atoms with van der Waals surface area (Å²) in [5.41, 5.74) is 0. The summed E-state index contributed by atoms with van der Waals surface area (Å²) in [7, 11) is 0. The fourth-order valence-electron chi connectivity index (χ4n) is 2.00. The molecule has 0 aromatic carbocycles. The van der Waals surface area contributed by atoms with E-state index in [1.807, 2.05) is 24.4 Å². The lowest BCUT2D eigenvalue weighted by Gasteiger charge is -2.21. The van der Waals surface area contributed by atoms with Crippen molar-refractivity contribution in [3.63, 3.8) is 0 Å². The maximum atomic E-state index is 11.9. The molecule has 0 spiro atoms. The van der Waals surface area contributed by atoms with Gasteiger partial charge in [-0.05, 0) is 30.2 Å². The van der Waals surface area contributed by atoms with E-state index in [0.29, 0.717) is 5.92 Å². The Morgan fingerprint density at radius 1 is 1.42 bits per heavy atom. The first kappa shape index (κ1) is 16.0. The molecule has 0 radical (unpaired) electrons. The van der Waals surface area contributed by atoms with Crippen molar-refractivity contribution in [1.29, 1.82) is 0 Å². The lowest BCUT2D eigenvalue weighted by molar-refractivity contribution is 0.204. The third-order valence-electron chi connectivity index (χ3n) is 2.91. The summed E-state index contributed by atoms with van der Waals surface area (Å²) in [4.78, 5) is 13.1. The highest BCUT2D eigenvalue weighted by atomic mass is 32.1. The molecule has 0 aliphatic heterocycles. The van der Waals surface area contributed by atoms with Crippen LogP contribution in [0.25, 0.3) is 0 Å². The van der Waals surface area contributed by atoms with Gasteiger partial charge in [0.05, 0.1) is 18.7 Å². The molecule has 19 heavy (non-hydrogen) atoms. The van der Waals surface area contributed by atoms with Gasteiger partial charge >= 0.3 is 6.03 Å². The summed E-state index contributed by atoms with van der Waals surface area (Å²) in [5, 5.41) is 17.1. The first-order chi connectivity index (χ1) is 9.06. The molecular formula is C14H24N2O2S. The quantitative estimate of drug-likeness (QED) is 0.721. The van der Waals surface area contributed by atoms with Gasteiger partial charge in [-0.15, -0.1) is 11.3 Å². The summed E-state index contributed by atoms with van der Waals surface area (Å²) in [6, 6.07) is 3.66. The van der Waals surface area contributed by atoms with Crippen molar-refractivity contribution >= 4 is 17.4 Å². The summed E-state index contributed by atoms with van der Waals surface area (Å²) in [6.45, 7) is 6.16. The van der Waals surface area contributed by atoms with Gasteiger partial charge in [-0.25, -0.2) is 4.79 Å². The number of aliphatic hydroxyl groups excluding tert-OH is 1. The van der Waals surface area contributed by atoms with Gasteiger partial charge in [-0.3, -0.25) is 0 Å². The van der Waals surface area contributed by atoms with Crippen LogP contribution >= 0.6 is 11.3 Å². The predicted octanol–water partition coefficient (Wildman–Crippen LogP) is 2.91. The van der Waals surface area contributed by atoms with E-state index in [1.165, 1.54) is 0 Å². The van der Waals surface area contributed by atoms with Crippen LogP contribution in [0.2, 0.25) is 0 Å². The monoisotopic (exact) mass is 284 g/mol. The van der Waals surface area contributed by atoms with E-state index in [2.05, 4.69) is 24.5 Å². The molecule has 4 nitrogen and oxygen atoms in total. The predicted molar refractivity (Wildman–Crippen MR) is 79.3 cm³/mol. The average Bonchev–Trinajstić information content (AvgIpc) is 2.88. The van der Waals surface area contributed by atoms with Gasteiger partial charge in [0.25, 0.3) is 0 Å². The summed E-state index contributed by atoms with van der Waals surface area (Å²) >= 11 is 1.64. The van der Waals surface area contributed by atoms with Crippen LogP contribution in [0, 0.1) is 5.92 Å². The van der Waals surface area contributed by atoms with E-state index >= 15 is 0 Å². The molecule has 0 bridgehead atoms. The third-order valence-corrected chi connectivity index (χ3v) is 3.90. The van der Waals surface area contributed by atoms with Crippen LogP contribution in [0.15, 0.2) is 17.5 Å². The largest absolute Gasteiger partial charge is 0.394 e. The Bertz CT molecular complexity index is 366. The molecule has 0 fully saturated rings. The Morgan fingerprint density at radius 3 is 2.63 bits per heavy atom. The van der Waals surface area contributed by atoms with Crippen molar-refractivity contribution < 1.29 is 9.90 Å². The molecule has 1 rings (SSSR count). The van der Waals surface area contributed by atoms with Gasteiger partial charge in [0.1, 0.15) is 0 Å². The van der Waals surface area contributed by atoms with E-state index in [0.717, 1.165) is 17.7 Å². The normalized spacial score (nSPS) is 14.2. The highest BCUT2D eigenvalue weighted by Gasteiger charge is 2.17. The molecule has 1 heterocycles. The zero-order valence-electron chi connectivity index (χ0n) is 11.8. The Hall–Kier alpha value is -1.07. The van der Waals surface area contributed by atoms with Gasteiger partial charge in [0, 0.05) is 4.88 Å². The highest BCUT2D eigenvalue weighted by molar-refractivity contribution is 7.10. The minimum absolute atomic E-state index is 0.0264. The topological polar surface area (TPSA) is 61.4 Å². The first-order valence-corrected chi connectivity index (χ1v) is 7.66. The number of hydrogen-bond acceptors (Lipinski definition) is 3. The number of thiophene rings is 1. The number of nitrogens with one attached hydrogen (secondary N) is 2. The van der Waals surface area contributed by atoms with E-state index in [9.17, 15) is 9.90 Å². The average molecular weight is 284 g/mol. The Kier molecular flexibility index (Phi) is 6.87. The zero-order chi connectivity index (χ0) is 14.3. The molecule has 0 saturated heterocycles. The Morgan fingerprint density at radius 2 is 2.16 bits per heavy atom. The van der Waals surface area contributed by atoms with Crippen molar-refractivity contribution in [2.75, 3.05) is 6.61 Å². The van der Waals surface area contributed by atoms with Crippen molar-refractivity contribution in [1.82, 2.24) is 10.6 Å². The van der Waals surface area contributed by atoms with Crippen LogP contribution in [0.5, 0.6) is 0 Å². The second kappa shape index (κ2) is 8.17. The maximum Gasteiger partial charge on any atom is 0.315 e. The summed E-state index contributed by atoms with van der Waals surface area (Å²) in [6.07, 6.45) is 1.63. The molecule has 2 unspecified atom stereocenters. The number of amides is 2. The van der Waals surface area contributed by atoms with Crippen LogP contribution < -0.4 is 10.6 Å². The first-order valence-electron chi connectivity index (χ1n) is 6.78. The number of hydrogen-bond donors (Lipinski definition) is 3. The smallest absolute Gasteiger partial charge is 0.315 e. The Balaban J connectivity index is 2.48. The molecule has 1 aromatic heterocycles. The van der Waals surface area contributed by atoms with Gasteiger partial charge in [-0.1, -0.05) is 26.8 Å². The standard InChI is InChI=1S/C14H24N2O2S/c1-4-12(13-6-5-7-19-13)16-14(18)15-11(9-17)8-10(2)3/h5-7,10-12,17H,4,8-9H2,1-3H3,(H2,15,16,18). The highest BCUT2D eigenvalue weighted by Crippen LogP contribution is 2.21. The molecule has 1 aromatic rings. The second-order valence-corrected chi connectivity index (χ2v) is 6.08. The van der Waals surface area contributed by atoms with Crippen LogP contribution in [-0.4, -0.2) is 23.8 Å². The number of carbonyl (C=O) groups is 1. The van der Waals surface area contributed by atoms with Crippen molar-refractivity contribution in [2.45, 2.75) is 45.7 Å². The van der Waals surface area contributed by atoms with E-state index in [-0.39, 0.29) is 24.7 Å². The molecule has 0 saturated carbocycles. The van der Waals surface area contributed by atoms with E-state index in [1.54, 1.807) is 11.3 Å². The van der Waals surface area contributed by atoms with Crippen molar-refractivity contribution in [3.8, 4) is 0 Å². The fourth-order valence-corrected chi connectivity index (χ4v) is 2.86. The minimum atomic E-state index is -0.208. The van der Waals surface area contributed by atoms with E-state index in [4.69, 9.17) is 0 Å². The molecular weight excluding hydrogens is 260 g/mol. The van der Waals surface area contributed by atoms with Gasteiger partial charge in [-0.2, -0.15) is 0 Å². The number of aliphatic hydroxyl groups is 1. The molecule has 0 aliphatic carbocycles. The molecule has 5 heteroatoms. The molecule has 2 atom stereocenters. The third kappa shape index (κ3) is 5.61. The number of urea groups is 1. The number of carbonyl (C=O) groups excluding carboxylic acids is 1. The van der Waals surface area contributed by atoms with Crippen molar-refractivity contribution in [3.05, 3.63) is 22.4 Å². The van der Waals surface area contributed by atoms with Crippen LogP contribution in [0.1, 0.15) is 44.5 Å². The zero-order valence-corrected chi connectivity index (χ0v) is 12.7. The van der Waals surface area contributed by atoms with Gasteiger partial charge in [0.15, 0.2) is 0 Å². The lowest BCUT2D eigenvalue weighted by Crippen LogP contribution is -2.45. The van der Waals surface area contributed by atoms with Crippen LogP contribution in [-0.2, 0) is 0 Å². The lowest BCUT2D eigenvalue weighted by atomic mass is 10.0. The van der Waals surface area contributed by atoms with Crippen molar-refractivity contribution in [2.24, 2.45) is 5.92 Å². The minimum Gasteiger partial charge on any atom is -0.394 e. The molecule has 2 amide bonds. The molecule has 108 valence electrons. The molecule has 0 aliphatic rings. The number of rotatable bonds is 7. The Labute approximate surface area is 119 Å². The van der Waals surface area contributed by atoms with Crippen LogP contribution in [0.3, 0.4) is 0 Å². The maximum absolute atomic E-state index is 11.9. The molecule has 3 N–H and O–H groups in total. The summed E-state index contributed by atoms with van der Waals surface area (Å²) < 4.78 is 0. The SMILES string of the molecule is CCC(NC(=O)NC(CO)CC(C)C)c1cccs1. The van der Waals surface area contributed by atoms with Gasteiger partial charge in [0.2, 0.25) is 0 Å². The summed E-state index contributed by atoms with van der Waals surface area (Å²) in [5.74, 6) is 0.441. The second-order valence-electron chi connectivity index (χ2n) is 5.10. The van der Waals surface area contributed by atoms with Crippen LogP contribution in [0.4, 0.5) is 4.79 Å². The van der Waals surface area contributed by atoms with E-state index < -0.39 is 0 Å². The van der Waals surface area contributed by atoms with Gasteiger partial charge < -0.3 is 15.7 Å².